The first-order chi connectivity index (χ1) is 6.81. The van der Waals surface area contributed by atoms with Gasteiger partial charge in [0.1, 0.15) is 5.82 Å². The fraction of sp³-hybridized carbons (Fsp3) is 0.111. The number of nitrogens with zero attached hydrogens (tertiary/aromatic N) is 2. The van der Waals surface area contributed by atoms with Crippen LogP contribution in [0.2, 0.25) is 0 Å². The van der Waals surface area contributed by atoms with Gasteiger partial charge in [-0.2, -0.15) is 4.98 Å². The van der Waals surface area contributed by atoms with Crippen LogP contribution in [0, 0.1) is 4.77 Å². The molecule has 0 aromatic carbocycles. The molecule has 1 N–H and O–H groups in total. The summed E-state index contributed by atoms with van der Waals surface area (Å²) in [6.45, 7) is 0. The number of methoxy groups -OCH3 is 1. The van der Waals surface area contributed by atoms with E-state index < -0.39 is 0 Å². The van der Waals surface area contributed by atoms with Crippen molar-refractivity contribution >= 4 is 12.2 Å². The smallest absolute Gasteiger partial charge is 0.214 e. The summed E-state index contributed by atoms with van der Waals surface area (Å²) in [4.78, 5) is 7.15. The predicted octanol–water partition coefficient (Wildman–Crippen LogP) is 1.94. The summed E-state index contributed by atoms with van der Waals surface area (Å²) in [6, 6.07) is 5.53. The second-order valence-corrected chi connectivity index (χ2v) is 3.06. The Morgan fingerprint density at radius 1 is 1.50 bits per heavy atom. The van der Waals surface area contributed by atoms with Crippen molar-refractivity contribution in [3.05, 3.63) is 35.4 Å². The number of hydrogen-bond acceptors (Lipinski definition) is 3. The minimum absolute atomic E-state index is 0.575. The third kappa shape index (κ3) is 1.54. The summed E-state index contributed by atoms with van der Waals surface area (Å²) >= 11 is 5.07. The molecule has 0 bridgehead atoms. The summed E-state index contributed by atoms with van der Waals surface area (Å²) in [5.74, 6) is 1.32. The lowest BCUT2D eigenvalue weighted by Crippen LogP contribution is -1.97. The molecule has 2 rings (SSSR count). The van der Waals surface area contributed by atoms with Crippen LogP contribution in [0.15, 0.2) is 30.6 Å². The highest BCUT2D eigenvalue weighted by Gasteiger charge is 2.00. The molecule has 0 aliphatic carbocycles. The zero-order chi connectivity index (χ0) is 9.97. The fourth-order valence-electron chi connectivity index (χ4n) is 1.15. The van der Waals surface area contributed by atoms with Crippen LogP contribution in [0.3, 0.4) is 0 Å². The highest BCUT2D eigenvalue weighted by Crippen LogP contribution is 2.10. The van der Waals surface area contributed by atoms with E-state index >= 15 is 0 Å². The normalized spacial score (nSPS) is 10.1. The summed E-state index contributed by atoms with van der Waals surface area (Å²) < 4.78 is 7.42. The molecule has 0 amide bonds. The molecule has 0 radical (unpaired) electrons. The quantitative estimate of drug-likeness (QED) is 0.765. The Labute approximate surface area is 86.2 Å². The van der Waals surface area contributed by atoms with Crippen LogP contribution in [0.25, 0.3) is 5.82 Å². The van der Waals surface area contributed by atoms with E-state index in [1.165, 1.54) is 0 Å². The SMILES string of the molecule is COc1cccc(-n2cc[nH]c2=S)n1. The fourth-order valence-corrected chi connectivity index (χ4v) is 1.37. The van der Waals surface area contributed by atoms with Crippen molar-refractivity contribution in [3.8, 4) is 11.7 Å². The van der Waals surface area contributed by atoms with Gasteiger partial charge in [0, 0.05) is 18.5 Å². The van der Waals surface area contributed by atoms with Crippen molar-refractivity contribution in [2.45, 2.75) is 0 Å². The zero-order valence-corrected chi connectivity index (χ0v) is 8.41. The molecule has 2 aromatic heterocycles. The van der Waals surface area contributed by atoms with Gasteiger partial charge in [0.2, 0.25) is 5.88 Å². The number of H-pyrrole nitrogens is 1. The maximum Gasteiger partial charge on any atom is 0.214 e. The number of hydrogen-bond donors (Lipinski definition) is 1. The third-order valence-electron chi connectivity index (χ3n) is 1.81. The molecule has 5 heteroatoms. The summed E-state index contributed by atoms with van der Waals surface area (Å²) in [5, 5.41) is 0. The molecule has 0 atom stereocenters. The van der Waals surface area contributed by atoms with Crippen molar-refractivity contribution in [1.82, 2.24) is 14.5 Å². The van der Waals surface area contributed by atoms with E-state index in [2.05, 4.69) is 9.97 Å². The number of aromatic nitrogens is 3. The molecule has 0 aliphatic heterocycles. The van der Waals surface area contributed by atoms with Crippen LogP contribution < -0.4 is 4.74 Å². The molecular weight excluding hydrogens is 198 g/mol. The molecule has 14 heavy (non-hydrogen) atoms. The topological polar surface area (TPSA) is 42.8 Å². The van der Waals surface area contributed by atoms with E-state index in [1.54, 1.807) is 23.9 Å². The first-order valence-electron chi connectivity index (χ1n) is 4.09. The first-order valence-corrected chi connectivity index (χ1v) is 4.49. The number of ether oxygens (including phenoxy) is 1. The van der Waals surface area contributed by atoms with E-state index in [9.17, 15) is 0 Å². The van der Waals surface area contributed by atoms with Crippen LogP contribution in [-0.2, 0) is 0 Å². The van der Waals surface area contributed by atoms with Gasteiger partial charge in [0.15, 0.2) is 4.77 Å². The van der Waals surface area contributed by atoms with Gasteiger partial charge in [-0.15, -0.1) is 0 Å². The highest BCUT2D eigenvalue weighted by molar-refractivity contribution is 7.71. The van der Waals surface area contributed by atoms with Crippen molar-refractivity contribution in [2.75, 3.05) is 7.11 Å². The molecular formula is C9H9N3OS. The lowest BCUT2D eigenvalue weighted by atomic mass is 10.4. The molecule has 0 fully saturated rings. The Balaban J connectivity index is 2.52. The predicted molar refractivity (Wildman–Crippen MR) is 55.3 cm³/mol. The molecule has 0 aliphatic rings. The van der Waals surface area contributed by atoms with E-state index in [-0.39, 0.29) is 0 Å². The maximum absolute atomic E-state index is 5.07. The largest absolute Gasteiger partial charge is 0.481 e. The van der Waals surface area contributed by atoms with Crippen LogP contribution in [0.4, 0.5) is 0 Å². The third-order valence-corrected chi connectivity index (χ3v) is 2.13. The number of imidazole rings is 1. The minimum atomic E-state index is 0.575. The lowest BCUT2D eigenvalue weighted by molar-refractivity contribution is 0.397. The Morgan fingerprint density at radius 2 is 2.36 bits per heavy atom. The van der Waals surface area contributed by atoms with Gasteiger partial charge in [-0.05, 0) is 18.3 Å². The molecule has 0 unspecified atom stereocenters. The Hall–Kier alpha value is -1.62. The van der Waals surface area contributed by atoms with Crippen molar-refractivity contribution in [3.63, 3.8) is 0 Å². The van der Waals surface area contributed by atoms with E-state index in [0.29, 0.717) is 10.7 Å². The molecule has 0 saturated carbocycles. The molecule has 72 valence electrons. The average Bonchev–Trinajstić information content (AvgIpc) is 2.65. The van der Waals surface area contributed by atoms with Crippen LogP contribution in [0.5, 0.6) is 5.88 Å². The monoisotopic (exact) mass is 207 g/mol. The molecule has 4 nitrogen and oxygen atoms in total. The van der Waals surface area contributed by atoms with Gasteiger partial charge < -0.3 is 9.72 Å². The second kappa shape index (κ2) is 3.63. The van der Waals surface area contributed by atoms with Gasteiger partial charge in [0.05, 0.1) is 7.11 Å². The first kappa shape index (κ1) is 8.96. The summed E-state index contributed by atoms with van der Waals surface area (Å²) in [7, 11) is 1.59. The van der Waals surface area contributed by atoms with Gasteiger partial charge >= 0.3 is 0 Å². The minimum Gasteiger partial charge on any atom is -0.481 e. The summed E-state index contributed by atoms with van der Waals surface area (Å²) in [5.41, 5.74) is 0. The number of pyridine rings is 1. The molecule has 0 spiro atoms. The van der Waals surface area contributed by atoms with Gasteiger partial charge in [-0.1, -0.05) is 6.07 Å². The van der Waals surface area contributed by atoms with Gasteiger partial charge in [0.25, 0.3) is 0 Å². The maximum atomic E-state index is 5.07. The Morgan fingerprint density at radius 3 is 3.00 bits per heavy atom. The van der Waals surface area contributed by atoms with E-state index in [1.807, 2.05) is 18.3 Å². The van der Waals surface area contributed by atoms with Crippen LogP contribution >= 0.6 is 12.2 Å². The van der Waals surface area contributed by atoms with E-state index in [4.69, 9.17) is 17.0 Å². The standard InChI is InChI=1S/C9H9N3OS/c1-13-8-4-2-3-7(11-8)12-6-5-10-9(12)14/h2-6H,1H3,(H,10,14). The lowest BCUT2D eigenvalue weighted by Gasteiger charge is -2.03. The van der Waals surface area contributed by atoms with Crippen molar-refractivity contribution < 1.29 is 4.74 Å². The van der Waals surface area contributed by atoms with Crippen molar-refractivity contribution in [2.24, 2.45) is 0 Å². The number of rotatable bonds is 2. The van der Waals surface area contributed by atoms with E-state index in [0.717, 1.165) is 5.82 Å². The number of nitrogens with one attached hydrogen (secondary N) is 1. The zero-order valence-electron chi connectivity index (χ0n) is 7.60. The second-order valence-electron chi connectivity index (χ2n) is 2.67. The summed E-state index contributed by atoms with van der Waals surface area (Å²) in [6.07, 6.45) is 3.59. The highest BCUT2D eigenvalue weighted by atomic mass is 32.1. The molecule has 2 heterocycles. The average molecular weight is 207 g/mol. The molecule has 2 aromatic rings. The Bertz CT molecular complexity index is 489. The Kier molecular flexibility index (Phi) is 2.32. The van der Waals surface area contributed by atoms with Gasteiger partial charge in [-0.3, -0.25) is 4.57 Å². The van der Waals surface area contributed by atoms with Crippen LogP contribution in [-0.4, -0.2) is 21.6 Å². The molecule has 0 saturated heterocycles. The van der Waals surface area contributed by atoms with Crippen molar-refractivity contribution in [1.29, 1.82) is 0 Å². The number of aromatic amines is 1. The van der Waals surface area contributed by atoms with Crippen LogP contribution in [0.1, 0.15) is 0 Å². The van der Waals surface area contributed by atoms with Gasteiger partial charge in [-0.25, -0.2) is 0 Å².